The summed E-state index contributed by atoms with van der Waals surface area (Å²) in [7, 11) is 1.39. The molecule has 2 rings (SSSR count). The van der Waals surface area contributed by atoms with Crippen LogP contribution >= 0.6 is 11.6 Å². The second kappa shape index (κ2) is 5.54. The quantitative estimate of drug-likeness (QED) is 0.867. The van der Waals surface area contributed by atoms with Gasteiger partial charge >= 0.3 is 6.36 Å². The van der Waals surface area contributed by atoms with E-state index in [1.54, 1.807) is 0 Å². The van der Waals surface area contributed by atoms with E-state index in [2.05, 4.69) is 14.7 Å². The van der Waals surface area contributed by atoms with Crippen LogP contribution < -0.4 is 9.47 Å². The van der Waals surface area contributed by atoms with Crippen LogP contribution in [0.25, 0.3) is 11.3 Å². The lowest BCUT2D eigenvalue weighted by Gasteiger charge is -2.10. The van der Waals surface area contributed by atoms with E-state index in [-0.39, 0.29) is 16.8 Å². The van der Waals surface area contributed by atoms with Crippen molar-refractivity contribution in [2.45, 2.75) is 6.36 Å². The topological polar surface area (TPSA) is 44.2 Å². The molecule has 106 valence electrons. The molecule has 1 aromatic carbocycles. The molecule has 0 fully saturated rings. The molecule has 0 amide bonds. The van der Waals surface area contributed by atoms with E-state index in [4.69, 9.17) is 16.3 Å². The zero-order chi connectivity index (χ0) is 14.8. The maximum Gasteiger partial charge on any atom is 0.573 e. The highest BCUT2D eigenvalue weighted by molar-refractivity contribution is 6.29. The van der Waals surface area contributed by atoms with Crippen molar-refractivity contribution in [3.05, 3.63) is 35.6 Å². The fourth-order valence-electron chi connectivity index (χ4n) is 1.51. The number of rotatable bonds is 3. The molecule has 0 saturated heterocycles. The van der Waals surface area contributed by atoms with Crippen LogP contribution in [0.15, 0.2) is 30.5 Å². The number of halogens is 4. The smallest absolute Gasteiger partial charge is 0.479 e. The van der Waals surface area contributed by atoms with Gasteiger partial charge in [-0.15, -0.1) is 13.2 Å². The summed E-state index contributed by atoms with van der Waals surface area (Å²) in [5, 5.41) is 0.155. The van der Waals surface area contributed by atoms with Crippen LogP contribution in [0.3, 0.4) is 0 Å². The summed E-state index contributed by atoms with van der Waals surface area (Å²) in [5.41, 5.74) is 0.899. The molecule has 0 aliphatic heterocycles. The molecule has 0 aliphatic rings. The Kier molecular flexibility index (Phi) is 3.99. The average molecular weight is 305 g/mol. The van der Waals surface area contributed by atoms with Crippen molar-refractivity contribution in [1.29, 1.82) is 0 Å². The highest BCUT2D eigenvalue weighted by Crippen LogP contribution is 2.30. The van der Waals surface area contributed by atoms with Gasteiger partial charge in [-0.25, -0.2) is 4.98 Å². The summed E-state index contributed by atoms with van der Waals surface area (Å²) in [4.78, 5) is 7.96. The van der Waals surface area contributed by atoms with Crippen molar-refractivity contribution in [1.82, 2.24) is 9.97 Å². The minimum atomic E-state index is -4.72. The molecule has 1 heterocycles. The zero-order valence-corrected chi connectivity index (χ0v) is 10.9. The van der Waals surface area contributed by atoms with E-state index in [9.17, 15) is 13.2 Å². The maximum absolute atomic E-state index is 12.0. The Morgan fingerprint density at radius 2 is 1.80 bits per heavy atom. The van der Waals surface area contributed by atoms with Crippen LogP contribution in [0.5, 0.6) is 11.6 Å². The highest BCUT2D eigenvalue weighted by Gasteiger charge is 2.31. The Hall–Kier alpha value is -2.02. The van der Waals surface area contributed by atoms with E-state index < -0.39 is 6.36 Å². The summed E-state index contributed by atoms with van der Waals surface area (Å²) < 4.78 is 44.9. The van der Waals surface area contributed by atoms with E-state index in [1.807, 2.05) is 0 Å². The van der Waals surface area contributed by atoms with E-state index in [0.717, 1.165) is 0 Å². The van der Waals surface area contributed by atoms with Crippen LogP contribution in [0, 0.1) is 0 Å². The largest absolute Gasteiger partial charge is 0.573 e. The lowest BCUT2D eigenvalue weighted by molar-refractivity contribution is -0.274. The molecule has 0 radical (unpaired) electrons. The molecular formula is C12H8ClF3N2O2. The molecule has 0 unspecified atom stereocenters. The lowest BCUT2D eigenvalue weighted by Crippen LogP contribution is -2.16. The zero-order valence-electron chi connectivity index (χ0n) is 10.1. The minimum absolute atomic E-state index is 0.155. The van der Waals surface area contributed by atoms with Gasteiger partial charge in [-0.05, 0) is 24.3 Å². The lowest BCUT2D eigenvalue weighted by atomic mass is 10.1. The van der Waals surface area contributed by atoms with Crippen LogP contribution in [0.1, 0.15) is 0 Å². The normalized spacial score (nSPS) is 11.2. The van der Waals surface area contributed by atoms with Gasteiger partial charge in [-0.3, -0.25) is 0 Å². The first-order chi connectivity index (χ1) is 9.39. The molecule has 0 N–H and O–H groups in total. The van der Waals surface area contributed by atoms with Crippen molar-refractivity contribution >= 4 is 11.6 Å². The van der Waals surface area contributed by atoms with Gasteiger partial charge in [0.25, 0.3) is 0 Å². The first kappa shape index (κ1) is 14.4. The van der Waals surface area contributed by atoms with Gasteiger partial charge in [0.15, 0.2) is 5.15 Å². The number of hydrogen-bond acceptors (Lipinski definition) is 4. The summed E-state index contributed by atoms with van der Waals surface area (Å²) in [6.45, 7) is 0. The van der Waals surface area contributed by atoms with Crippen molar-refractivity contribution < 1.29 is 22.6 Å². The third-order valence-corrected chi connectivity index (χ3v) is 2.45. The van der Waals surface area contributed by atoms with Gasteiger partial charge in [-0.2, -0.15) is 4.98 Å². The number of hydrogen-bond donors (Lipinski definition) is 0. The Labute approximate surface area is 117 Å². The van der Waals surface area contributed by atoms with Crippen LogP contribution in [-0.4, -0.2) is 23.4 Å². The van der Waals surface area contributed by atoms with E-state index in [0.29, 0.717) is 11.3 Å². The minimum Gasteiger partial charge on any atom is -0.479 e. The molecule has 0 spiro atoms. The van der Waals surface area contributed by atoms with Crippen molar-refractivity contribution in [2.24, 2.45) is 0 Å². The highest BCUT2D eigenvalue weighted by atomic mass is 35.5. The molecule has 2 aromatic rings. The fraction of sp³-hybridized carbons (Fsp3) is 0.167. The van der Waals surface area contributed by atoms with Crippen LogP contribution in [0.4, 0.5) is 13.2 Å². The summed E-state index contributed by atoms with van der Waals surface area (Å²) >= 11 is 5.68. The number of benzene rings is 1. The summed E-state index contributed by atoms with van der Waals surface area (Å²) in [6, 6.07) is 5.19. The van der Waals surface area contributed by atoms with Crippen LogP contribution in [0.2, 0.25) is 5.15 Å². The number of aromatic nitrogens is 2. The number of alkyl halides is 3. The monoisotopic (exact) mass is 304 g/mol. The van der Waals surface area contributed by atoms with Crippen LogP contribution in [-0.2, 0) is 0 Å². The van der Waals surface area contributed by atoms with E-state index in [1.165, 1.54) is 37.6 Å². The molecule has 8 heteroatoms. The Morgan fingerprint density at radius 1 is 1.15 bits per heavy atom. The van der Waals surface area contributed by atoms with Crippen molar-refractivity contribution in [2.75, 3.05) is 7.11 Å². The van der Waals surface area contributed by atoms with Gasteiger partial charge in [0.2, 0.25) is 5.88 Å². The molecule has 1 aromatic heterocycles. The maximum atomic E-state index is 12.0. The molecule has 4 nitrogen and oxygen atoms in total. The molecule has 0 aliphatic carbocycles. The number of methoxy groups -OCH3 is 1. The molecule has 0 bridgehead atoms. The second-order valence-electron chi connectivity index (χ2n) is 3.62. The Bertz CT molecular complexity index is 603. The average Bonchev–Trinajstić information content (AvgIpc) is 2.38. The standard InChI is InChI=1S/C12H8ClF3N2O2/c1-19-11-10(17-6-9(13)18-11)7-2-4-8(5-3-7)20-12(14,15)16/h2-6H,1H3. The molecule has 20 heavy (non-hydrogen) atoms. The summed E-state index contributed by atoms with van der Waals surface area (Å²) in [6.07, 6.45) is -3.40. The predicted octanol–water partition coefficient (Wildman–Crippen LogP) is 3.70. The molecule has 0 atom stereocenters. The van der Waals surface area contributed by atoms with Gasteiger partial charge in [0, 0.05) is 5.56 Å². The second-order valence-corrected chi connectivity index (χ2v) is 4.01. The van der Waals surface area contributed by atoms with Gasteiger partial charge < -0.3 is 9.47 Å². The van der Waals surface area contributed by atoms with Gasteiger partial charge in [0.05, 0.1) is 13.3 Å². The molecule has 0 saturated carbocycles. The Balaban J connectivity index is 2.30. The fourth-order valence-corrected chi connectivity index (χ4v) is 1.63. The van der Waals surface area contributed by atoms with E-state index >= 15 is 0 Å². The van der Waals surface area contributed by atoms with Gasteiger partial charge in [-0.1, -0.05) is 11.6 Å². The third-order valence-electron chi connectivity index (χ3n) is 2.27. The number of ether oxygens (including phenoxy) is 2. The summed E-state index contributed by atoms with van der Waals surface area (Å²) in [5.74, 6) is -0.135. The SMILES string of the molecule is COc1nc(Cl)cnc1-c1ccc(OC(F)(F)F)cc1. The third kappa shape index (κ3) is 3.51. The van der Waals surface area contributed by atoms with Crippen molar-refractivity contribution in [3.63, 3.8) is 0 Å². The van der Waals surface area contributed by atoms with Crippen molar-refractivity contribution in [3.8, 4) is 22.9 Å². The predicted molar refractivity (Wildman–Crippen MR) is 65.7 cm³/mol. The Morgan fingerprint density at radius 3 is 2.35 bits per heavy atom. The van der Waals surface area contributed by atoms with Gasteiger partial charge in [0.1, 0.15) is 11.4 Å². The first-order valence-corrected chi connectivity index (χ1v) is 5.69. The molecular weight excluding hydrogens is 297 g/mol. The number of nitrogens with zero attached hydrogens (tertiary/aromatic N) is 2. The first-order valence-electron chi connectivity index (χ1n) is 5.32.